The van der Waals surface area contributed by atoms with Crippen molar-refractivity contribution in [3.63, 3.8) is 0 Å². The van der Waals surface area contributed by atoms with E-state index in [-0.39, 0.29) is 0 Å². The predicted octanol–water partition coefficient (Wildman–Crippen LogP) is 2.52. The summed E-state index contributed by atoms with van der Waals surface area (Å²) in [4.78, 5) is 11.6. The molecular weight excluding hydrogens is 236 g/mol. The Balaban J connectivity index is 2.96. The molecule has 4 heteroatoms. The molecule has 0 heterocycles. The summed E-state index contributed by atoms with van der Waals surface area (Å²) in [6.45, 7) is 7.25. The third-order valence-corrected chi connectivity index (χ3v) is 4.94. The smallest absolute Gasteiger partial charge is 0.307 e. The fourth-order valence-electron chi connectivity index (χ4n) is 1.44. The highest BCUT2D eigenvalue weighted by molar-refractivity contribution is 7.85. The van der Waals surface area contributed by atoms with Crippen LogP contribution in [0.2, 0.25) is 0 Å². The molecule has 0 aliphatic carbocycles. The van der Waals surface area contributed by atoms with Crippen molar-refractivity contribution in [3.8, 4) is 0 Å². The summed E-state index contributed by atoms with van der Waals surface area (Å²) in [5.74, 6) is -1.52. The average Bonchev–Trinajstić information content (AvgIpc) is 2.29. The van der Waals surface area contributed by atoms with E-state index in [1.807, 2.05) is 32.0 Å². The highest BCUT2D eigenvalue weighted by Gasteiger charge is 2.25. The van der Waals surface area contributed by atoms with Crippen LogP contribution in [0.3, 0.4) is 0 Å². The lowest BCUT2D eigenvalue weighted by atomic mass is 10.1. The molecular formula is C13H18O3S. The summed E-state index contributed by atoms with van der Waals surface area (Å²) < 4.78 is 12.2. The van der Waals surface area contributed by atoms with Gasteiger partial charge in [-0.1, -0.05) is 13.0 Å². The number of aryl methyl sites for hydroxylation is 2. The standard InChI is InChI=1S/C13H18O3S/c1-8-5-6-12(7-9(8)2)17(16)11(4)10(3)13(14)15/h5-7,10-11H,1-4H3,(H,14,15). The molecule has 1 aromatic rings. The summed E-state index contributed by atoms with van der Waals surface area (Å²) in [7, 11) is -1.28. The maximum absolute atomic E-state index is 12.2. The van der Waals surface area contributed by atoms with E-state index in [0.717, 1.165) is 11.1 Å². The molecule has 0 bridgehead atoms. The van der Waals surface area contributed by atoms with Crippen LogP contribution < -0.4 is 0 Å². The normalized spacial score (nSPS) is 16.2. The molecule has 0 amide bonds. The first-order valence-electron chi connectivity index (χ1n) is 5.55. The Morgan fingerprint density at radius 3 is 2.29 bits per heavy atom. The van der Waals surface area contributed by atoms with E-state index in [1.165, 1.54) is 0 Å². The lowest BCUT2D eigenvalue weighted by molar-refractivity contribution is -0.141. The average molecular weight is 254 g/mol. The van der Waals surface area contributed by atoms with Gasteiger partial charge in [0.1, 0.15) is 0 Å². The zero-order chi connectivity index (χ0) is 13.2. The van der Waals surface area contributed by atoms with Crippen LogP contribution in [0.1, 0.15) is 25.0 Å². The van der Waals surface area contributed by atoms with Crippen LogP contribution >= 0.6 is 0 Å². The summed E-state index contributed by atoms with van der Waals surface area (Å²) in [5, 5.41) is 8.52. The molecule has 1 N–H and O–H groups in total. The molecule has 94 valence electrons. The maximum Gasteiger partial charge on any atom is 0.307 e. The number of hydrogen-bond acceptors (Lipinski definition) is 2. The lowest BCUT2D eigenvalue weighted by Crippen LogP contribution is -2.26. The SMILES string of the molecule is Cc1ccc(S(=O)C(C)C(C)C(=O)O)cc1C. The quantitative estimate of drug-likeness (QED) is 0.898. The molecule has 0 fully saturated rings. The van der Waals surface area contributed by atoms with Gasteiger partial charge in [-0.3, -0.25) is 9.00 Å². The van der Waals surface area contributed by atoms with Gasteiger partial charge < -0.3 is 5.11 Å². The highest BCUT2D eigenvalue weighted by atomic mass is 32.2. The van der Waals surface area contributed by atoms with E-state index in [2.05, 4.69) is 0 Å². The first-order valence-corrected chi connectivity index (χ1v) is 6.76. The van der Waals surface area contributed by atoms with Gasteiger partial charge in [0, 0.05) is 10.1 Å². The molecule has 0 aliphatic rings. The zero-order valence-corrected chi connectivity index (χ0v) is 11.4. The number of carbonyl (C=O) groups is 1. The minimum atomic E-state index is -1.28. The summed E-state index contributed by atoms with van der Waals surface area (Å²) in [5.41, 5.74) is 2.22. The van der Waals surface area contributed by atoms with Crippen LogP contribution in [-0.4, -0.2) is 20.5 Å². The Labute approximate surface area is 104 Å². The third-order valence-electron chi connectivity index (χ3n) is 3.14. The molecule has 0 aromatic heterocycles. The fourth-order valence-corrected chi connectivity index (χ4v) is 2.85. The number of rotatable bonds is 4. The van der Waals surface area contributed by atoms with Gasteiger partial charge in [-0.25, -0.2) is 0 Å². The maximum atomic E-state index is 12.2. The van der Waals surface area contributed by atoms with Crippen LogP contribution in [0.4, 0.5) is 0 Å². The van der Waals surface area contributed by atoms with Crippen molar-refractivity contribution in [1.29, 1.82) is 0 Å². The van der Waals surface area contributed by atoms with Gasteiger partial charge in [0.25, 0.3) is 0 Å². The molecule has 1 aromatic carbocycles. The molecule has 0 aliphatic heterocycles. The fraction of sp³-hybridized carbons (Fsp3) is 0.462. The monoisotopic (exact) mass is 254 g/mol. The van der Waals surface area contributed by atoms with Crippen LogP contribution in [0.25, 0.3) is 0 Å². The number of benzene rings is 1. The second kappa shape index (κ2) is 5.45. The van der Waals surface area contributed by atoms with Gasteiger partial charge in [0.05, 0.1) is 16.7 Å². The Hall–Kier alpha value is -1.16. The molecule has 0 saturated carbocycles. The molecule has 3 nitrogen and oxygen atoms in total. The Morgan fingerprint density at radius 2 is 1.82 bits per heavy atom. The number of carboxylic acids is 1. The van der Waals surface area contributed by atoms with Gasteiger partial charge in [0.15, 0.2) is 0 Å². The Kier molecular flexibility index (Phi) is 4.46. The molecule has 1 rings (SSSR count). The predicted molar refractivity (Wildman–Crippen MR) is 68.6 cm³/mol. The van der Waals surface area contributed by atoms with Crippen LogP contribution in [0, 0.1) is 19.8 Å². The van der Waals surface area contributed by atoms with E-state index < -0.39 is 27.9 Å². The van der Waals surface area contributed by atoms with Crippen LogP contribution in [-0.2, 0) is 15.6 Å². The molecule has 0 spiro atoms. The van der Waals surface area contributed by atoms with Crippen LogP contribution in [0.15, 0.2) is 23.1 Å². The van der Waals surface area contributed by atoms with Crippen molar-refractivity contribution in [2.75, 3.05) is 0 Å². The largest absolute Gasteiger partial charge is 0.481 e. The number of hydrogen-bond donors (Lipinski definition) is 1. The first-order chi connectivity index (χ1) is 7.84. The Morgan fingerprint density at radius 1 is 1.24 bits per heavy atom. The van der Waals surface area contributed by atoms with E-state index in [1.54, 1.807) is 13.8 Å². The van der Waals surface area contributed by atoms with Gasteiger partial charge in [-0.05, 0) is 44.0 Å². The van der Waals surface area contributed by atoms with E-state index in [0.29, 0.717) is 4.90 Å². The van der Waals surface area contributed by atoms with Crippen molar-refractivity contribution in [2.24, 2.45) is 5.92 Å². The second-order valence-corrected chi connectivity index (χ2v) is 6.19. The molecule has 0 saturated heterocycles. The summed E-state index contributed by atoms with van der Waals surface area (Å²) in [6.07, 6.45) is 0. The first kappa shape index (κ1) is 13.9. The molecule has 17 heavy (non-hydrogen) atoms. The minimum absolute atomic E-state index is 0.394. The van der Waals surface area contributed by atoms with Crippen molar-refractivity contribution in [3.05, 3.63) is 29.3 Å². The number of carboxylic acid groups (broad SMARTS) is 1. The van der Waals surface area contributed by atoms with Crippen molar-refractivity contribution in [2.45, 2.75) is 37.8 Å². The molecule has 3 unspecified atom stereocenters. The summed E-state index contributed by atoms with van der Waals surface area (Å²) in [6, 6.07) is 5.60. The lowest BCUT2D eigenvalue weighted by Gasteiger charge is -2.16. The van der Waals surface area contributed by atoms with E-state index in [4.69, 9.17) is 5.11 Å². The zero-order valence-electron chi connectivity index (χ0n) is 10.6. The number of aliphatic carboxylic acids is 1. The second-order valence-electron chi connectivity index (χ2n) is 4.38. The molecule has 3 atom stereocenters. The van der Waals surface area contributed by atoms with Gasteiger partial charge in [0.2, 0.25) is 0 Å². The van der Waals surface area contributed by atoms with Gasteiger partial charge >= 0.3 is 5.97 Å². The topological polar surface area (TPSA) is 54.4 Å². The highest BCUT2D eigenvalue weighted by Crippen LogP contribution is 2.20. The van der Waals surface area contributed by atoms with Gasteiger partial charge in [-0.2, -0.15) is 0 Å². The molecule has 0 radical (unpaired) electrons. The van der Waals surface area contributed by atoms with E-state index >= 15 is 0 Å². The van der Waals surface area contributed by atoms with Crippen LogP contribution in [0.5, 0.6) is 0 Å². The minimum Gasteiger partial charge on any atom is -0.481 e. The van der Waals surface area contributed by atoms with Crippen molar-refractivity contribution < 1.29 is 14.1 Å². The van der Waals surface area contributed by atoms with Gasteiger partial charge in [-0.15, -0.1) is 0 Å². The van der Waals surface area contributed by atoms with E-state index in [9.17, 15) is 9.00 Å². The third kappa shape index (κ3) is 3.16. The van der Waals surface area contributed by atoms with Crippen molar-refractivity contribution >= 4 is 16.8 Å². The van der Waals surface area contributed by atoms with Crippen molar-refractivity contribution in [1.82, 2.24) is 0 Å². The summed E-state index contributed by atoms with van der Waals surface area (Å²) >= 11 is 0. The Bertz CT molecular complexity index is 454.